The highest BCUT2D eigenvalue weighted by molar-refractivity contribution is 7.15. The van der Waals surface area contributed by atoms with Crippen molar-refractivity contribution in [2.45, 2.75) is 27.2 Å². The van der Waals surface area contributed by atoms with Gasteiger partial charge >= 0.3 is 5.69 Å². The topological polar surface area (TPSA) is 107 Å². The second-order valence-corrected chi connectivity index (χ2v) is 6.49. The molecule has 0 unspecified atom stereocenters. The van der Waals surface area contributed by atoms with Crippen molar-refractivity contribution >= 4 is 28.1 Å². The van der Waals surface area contributed by atoms with Gasteiger partial charge in [-0.25, -0.2) is 0 Å². The molecular weight excluding hydrogens is 332 g/mol. The third-order valence-corrected chi connectivity index (χ3v) is 3.85. The first-order valence-corrected chi connectivity index (χ1v) is 8.27. The quantitative estimate of drug-likeness (QED) is 0.606. The number of rotatable bonds is 7. The first-order valence-electron chi connectivity index (χ1n) is 7.45. The number of ether oxygens (including phenoxy) is 1. The summed E-state index contributed by atoms with van der Waals surface area (Å²) in [6, 6.07) is 4.08. The fraction of sp³-hybridized carbons (Fsp3) is 0.400. The Morgan fingerprint density at radius 1 is 1.42 bits per heavy atom. The van der Waals surface area contributed by atoms with Crippen molar-refractivity contribution < 1.29 is 14.5 Å². The maximum absolute atomic E-state index is 12.3. The molecule has 0 aliphatic heterocycles. The predicted octanol–water partition coefficient (Wildman–Crippen LogP) is 3.30. The van der Waals surface area contributed by atoms with E-state index in [2.05, 4.69) is 29.4 Å². The van der Waals surface area contributed by atoms with Gasteiger partial charge in [0.25, 0.3) is 5.91 Å². The second kappa shape index (κ2) is 7.82. The Hall–Kier alpha value is -2.55. The van der Waals surface area contributed by atoms with E-state index in [0.717, 1.165) is 11.4 Å². The zero-order valence-corrected chi connectivity index (χ0v) is 14.4. The van der Waals surface area contributed by atoms with Gasteiger partial charge in [-0.2, -0.15) is 0 Å². The lowest BCUT2D eigenvalue weighted by molar-refractivity contribution is -0.385. The van der Waals surface area contributed by atoms with E-state index in [9.17, 15) is 14.9 Å². The molecule has 8 nitrogen and oxygen atoms in total. The number of hydrogen-bond acceptors (Lipinski definition) is 7. The van der Waals surface area contributed by atoms with E-state index in [1.807, 2.05) is 0 Å². The summed E-state index contributed by atoms with van der Waals surface area (Å²) in [5, 5.41) is 22.9. The van der Waals surface area contributed by atoms with Crippen molar-refractivity contribution in [2.24, 2.45) is 5.92 Å². The van der Waals surface area contributed by atoms with Gasteiger partial charge in [0, 0.05) is 18.1 Å². The van der Waals surface area contributed by atoms with Gasteiger partial charge in [0.15, 0.2) is 5.75 Å². The molecule has 9 heteroatoms. The van der Waals surface area contributed by atoms with E-state index in [-0.39, 0.29) is 17.0 Å². The normalized spacial score (nSPS) is 10.7. The number of aromatic nitrogens is 2. The number of anilines is 1. The van der Waals surface area contributed by atoms with Gasteiger partial charge in [-0.05, 0) is 25.0 Å². The summed E-state index contributed by atoms with van der Waals surface area (Å²) in [6.45, 7) is 6.17. The molecule has 0 saturated heterocycles. The molecule has 2 rings (SSSR count). The molecule has 2 aromatic rings. The Bertz CT molecular complexity index is 745. The van der Waals surface area contributed by atoms with Crippen LogP contribution in [0.25, 0.3) is 0 Å². The van der Waals surface area contributed by atoms with Crippen LogP contribution in [0.1, 0.15) is 36.1 Å². The lowest BCUT2D eigenvalue weighted by Gasteiger charge is -2.06. The Kier molecular flexibility index (Phi) is 5.80. The van der Waals surface area contributed by atoms with E-state index < -0.39 is 10.8 Å². The average molecular weight is 350 g/mol. The van der Waals surface area contributed by atoms with Crippen LogP contribution in [0.4, 0.5) is 10.8 Å². The molecule has 128 valence electrons. The molecular formula is C15H18N4O4S. The first kappa shape index (κ1) is 17.8. The van der Waals surface area contributed by atoms with Gasteiger partial charge in [-0.3, -0.25) is 20.2 Å². The van der Waals surface area contributed by atoms with Crippen LogP contribution >= 0.6 is 11.3 Å². The third-order valence-electron chi connectivity index (χ3n) is 2.99. The summed E-state index contributed by atoms with van der Waals surface area (Å²) in [7, 11) is 0. The van der Waals surface area contributed by atoms with Crippen molar-refractivity contribution in [1.29, 1.82) is 0 Å². The number of carbonyl (C=O) groups is 1. The highest BCUT2D eigenvalue weighted by Gasteiger charge is 2.19. The molecule has 0 spiro atoms. The van der Waals surface area contributed by atoms with Crippen LogP contribution in [0.5, 0.6) is 5.75 Å². The minimum absolute atomic E-state index is 0.134. The van der Waals surface area contributed by atoms with Crippen molar-refractivity contribution in [1.82, 2.24) is 10.2 Å². The largest absolute Gasteiger partial charge is 0.487 e. The number of nitro benzene ring substituents is 1. The minimum atomic E-state index is -0.576. The Labute approximate surface area is 143 Å². The van der Waals surface area contributed by atoms with Crippen LogP contribution in [-0.2, 0) is 6.42 Å². The molecule has 1 N–H and O–H groups in total. The van der Waals surface area contributed by atoms with Gasteiger partial charge in [-0.15, -0.1) is 10.2 Å². The van der Waals surface area contributed by atoms with Crippen LogP contribution in [0.2, 0.25) is 0 Å². The number of nitrogens with zero attached hydrogens (tertiary/aromatic N) is 3. The summed E-state index contributed by atoms with van der Waals surface area (Å²) >= 11 is 1.29. The molecule has 1 amide bonds. The summed E-state index contributed by atoms with van der Waals surface area (Å²) in [4.78, 5) is 22.8. The van der Waals surface area contributed by atoms with E-state index in [1.165, 1.54) is 29.5 Å². The molecule has 1 aromatic heterocycles. The van der Waals surface area contributed by atoms with Crippen LogP contribution in [0.15, 0.2) is 18.2 Å². The van der Waals surface area contributed by atoms with Crippen LogP contribution in [0, 0.1) is 16.0 Å². The summed E-state index contributed by atoms with van der Waals surface area (Å²) < 4.78 is 5.20. The minimum Gasteiger partial charge on any atom is -0.487 e. The average Bonchev–Trinajstić information content (AvgIpc) is 2.93. The molecule has 0 atom stereocenters. The lowest BCUT2D eigenvalue weighted by atomic mass is 10.1. The molecule has 1 aromatic carbocycles. The molecule has 0 aliphatic rings. The van der Waals surface area contributed by atoms with E-state index in [0.29, 0.717) is 17.7 Å². The zero-order valence-electron chi connectivity index (χ0n) is 13.6. The van der Waals surface area contributed by atoms with Crippen molar-refractivity contribution in [3.63, 3.8) is 0 Å². The Balaban J connectivity index is 2.16. The zero-order chi connectivity index (χ0) is 17.7. The molecule has 1 heterocycles. The van der Waals surface area contributed by atoms with E-state index in [4.69, 9.17) is 4.74 Å². The standard InChI is InChI=1S/C15H18N4O4S/c1-4-23-12-6-5-10(8-11(12)19(21)22)14(20)16-15-18-17-13(24-15)7-9(2)3/h5-6,8-9H,4,7H2,1-3H3,(H,16,18,20). The van der Waals surface area contributed by atoms with Gasteiger partial charge < -0.3 is 4.74 Å². The Morgan fingerprint density at radius 2 is 2.17 bits per heavy atom. The number of hydrogen-bond donors (Lipinski definition) is 1. The number of nitrogens with one attached hydrogen (secondary N) is 1. The summed E-state index contributed by atoms with van der Waals surface area (Å²) in [5.41, 5.74) is -0.0898. The molecule has 0 radical (unpaired) electrons. The Morgan fingerprint density at radius 3 is 2.79 bits per heavy atom. The maximum atomic E-state index is 12.3. The molecule has 0 bridgehead atoms. The van der Waals surface area contributed by atoms with Crippen molar-refractivity contribution in [3.05, 3.63) is 38.9 Å². The highest BCUT2D eigenvalue weighted by atomic mass is 32.1. The summed E-state index contributed by atoms with van der Waals surface area (Å²) in [6.07, 6.45) is 0.780. The van der Waals surface area contributed by atoms with E-state index >= 15 is 0 Å². The summed E-state index contributed by atoms with van der Waals surface area (Å²) in [5.74, 6) is 0.0952. The van der Waals surface area contributed by atoms with Gasteiger partial charge in [0.05, 0.1) is 11.5 Å². The molecule has 24 heavy (non-hydrogen) atoms. The number of benzene rings is 1. The lowest BCUT2D eigenvalue weighted by Crippen LogP contribution is -2.12. The fourth-order valence-corrected chi connectivity index (χ4v) is 2.93. The smallest absolute Gasteiger partial charge is 0.311 e. The fourth-order valence-electron chi connectivity index (χ4n) is 1.98. The van der Waals surface area contributed by atoms with Crippen LogP contribution in [0.3, 0.4) is 0 Å². The van der Waals surface area contributed by atoms with Crippen LogP contribution in [-0.4, -0.2) is 27.6 Å². The highest BCUT2D eigenvalue weighted by Crippen LogP contribution is 2.28. The number of nitro groups is 1. The number of carbonyl (C=O) groups excluding carboxylic acids is 1. The van der Waals surface area contributed by atoms with Gasteiger partial charge in [0.1, 0.15) is 5.01 Å². The second-order valence-electron chi connectivity index (χ2n) is 5.43. The van der Waals surface area contributed by atoms with Gasteiger partial charge in [0.2, 0.25) is 5.13 Å². The third kappa shape index (κ3) is 4.48. The maximum Gasteiger partial charge on any atom is 0.311 e. The van der Waals surface area contributed by atoms with E-state index in [1.54, 1.807) is 6.92 Å². The van der Waals surface area contributed by atoms with Crippen LogP contribution < -0.4 is 10.1 Å². The predicted molar refractivity (Wildman–Crippen MR) is 90.7 cm³/mol. The molecule has 0 fully saturated rings. The SMILES string of the molecule is CCOc1ccc(C(=O)Nc2nnc(CC(C)C)s2)cc1[N+](=O)[O-]. The van der Waals surface area contributed by atoms with Crippen molar-refractivity contribution in [3.8, 4) is 5.75 Å². The molecule has 0 saturated carbocycles. The first-order chi connectivity index (χ1) is 11.4. The monoisotopic (exact) mass is 350 g/mol. The molecule has 0 aliphatic carbocycles. The van der Waals surface area contributed by atoms with Gasteiger partial charge in [-0.1, -0.05) is 25.2 Å². The number of amides is 1. The van der Waals surface area contributed by atoms with Crippen molar-refractivity contribution in [2.75, 3.05) is 11.9 Å².